The van der Waals surface area contributed by atoms with Crippen LogP contribution in [0.3, 0.4) is 0 Å². The zero-order valence-electron chi connectivity index (χ0n) is 16.7. The molecule has 146 valence electrons. The van der Waals surface area contributed by atoms with E-state index < -0.39 is 0 Å². The molecule has 2 aromatic rings. The molecule has 0 radical (unpaired) electrons. The van der Waals surface area contributed by atoms with Gasteiger partial charge in [0.2, 0.25) is 0 Å². The number of fused-ring (bicyclic) bond motifs is 1. The standard InChI is InChI=1S/C22H26N4OS/c1-22(2)17-6-4-5-7-18(17)25(3)19(22)12-16(27)13-28-21-24-23-20(14-8-9-14)26(21)15-10-11-15/h4-7,12,14-15H,8-11,13H2,1-3H3/b19-12-. The number of anilines is 1. The van der Waals surface area contributed by atoms with E-state index in [1.165, 1.54) is 48.7 Å². The van der Waals surface area contributed by atoms with Crippen LogP contribution >= 0.6 is 11.8 Å². The van der Waals surface area contributed by atoms with Gasteiger partial charge in [-0.15, -0.1) is 10.2 Å². The van der Waals surface area contributed by atoms with Gasteiger partial charge in [0.15, 0.2) is 10.9 Å². The quantitative estimate of drug-likeness (QED) is 0.535. The molecule has 5 nitrogen and oxygen atoms in total. The number of para-hydroxylation sites is 1. The predicted molar refractivity (Wildman–Crippen MR) is 112 cm³/mol. The van der Waals surface area contributed by atoms with Gasteiger partial charge in [0, 0.05) is 41.9 Å². The van der Waals surface area contributed by atoms with Gasteiger partial charge in [-0.2, -0.15) is 0 Å². The Morgan fingerprint density at radius 2 is 1.96 bits per heavy atom. The van der Waals surface area contributed by atoms with Crippen LogP contribution in [-0.2, 0) is 10.2 Å². The first kappa shape index (κ1) is 18.0. The summed E-state index contributed by atoms with van der Waals surface area (Å²) in [7, 11) is 2.05. The lowest BCUT2D eigenvalue weighted by Crippen LogP contribution is -2.24. The van der Waals surface area contributed by atoms with Crippen molar-refractivity contribution < 1.29 is 4.79 Å². The van der Waals surface area contributed by atoms with E-state index in [1.54, 1.807) is 0 Å². The first-order valence-corrected chi connectivity index (χ1v) is 11.1. The van der Waals surface area contributed by atoms with Crippen molar-refractivity contribution in [3.05, 3.63) is 47.4 Å². The maximum Gasteiger partial charge on any atom is 0.191 e. The van der Waals surface area contributed by atoms with Gasteiger partial charge in [-0.05, 0) is 37.3 Å². The molecule has 1 aliphatic heterocycles. The van der Waals surface area contributed by atoms with Gasteiger partial charge in [-0.3, -0.25) is 4.79 Å². The predicted octanol–water partition coefficient (Wildman–Crippen LogP) is 4.46. The van der Waals surface area contributed by atoms with Crippen LogP contribution in [0.5, 0.6) is 0 Å². The van der Waals surface area contributed by atoms with Gasteiger partial charge in [0.25, 0.3) is 0 Å². The number of thioether (sulfide) groups is 1. The van der Waals surface area contributed by atoms with Crippen molar-refractivity contribution in [2.45, 2.75) is 62.1 Å². The molecule has 0 amide bonds. The number of benzene rings is 1. The number of allylic oxidation sites excluding steroid dienone is 2. The van der Waals surface area contributed by atoms with Crippen LogP contribution in [0.4, 0.5) is 5.69 Å². The Morgan fingerprint density at radius 3 is 2.64 bits per heavy atom. The zero-order chi connectivity index (χ0) is 19.5. The average Bonchev–Trinajstić information content (AvgIpc) is 3.61. The van der Waals surface area contributed by atoms with Crippen molar-refractivity contribution in [2.24, 2.45) is 0 Å². The van der Waals surface area contributed by atoms with E-state index in [0.717, 1.165) is 16.7 Å². The highest BCUT2D eigenvalue weighted by molar-refractivity contribution is 7.99. The Bertz CT molecular complexity index is 969. The van der Waals surface area contributed by atoms with E-state index in [2.05, 4.69) is 51.7 Å². The number of aromatic nitrogens is 3. The van der Waals surface area contributed by atoms with Gasteiger partial charge in [-0.1, -0.05) is 43.8 Å². The zero-order valence-corrected chi connectivity index (χ0v) is 17.5. The minimum Gasteiger partial charge on any atom is -0.347 e. The monoisotopic (exact) mass is 394 g/mol. The minimum atomic E-state index is -0.168. The summed E-state index contributed by atoms with van der Waals surface area (Å²) < 4.78 is 2.31. The molecule has 2 saturated carbocycles. The molecule has 3 aliphatic rings. The fourth-order valence-corrected chi connectivity index (χ4v) is 5.11. The molecule has 0 atom stereocenters. The number of carbonyl (C=O) groups excluding carboxylic acids is 1. The second-order valence-electron chi connectivity index (χ2n) is 8.70. The van der Waals surface area contributed by atoms with Crippen LogP contribution in [0.15, 0.2) is 41.2 Å². The molecule has 2 fully saturated rings. The molecule has 1 aromatic carbocycles. The SMILES string of the molecule is CN1/C(=C\C(=O)CSc2nnc(C3CC3)n2C2CC2)C(C)(C)c2ccccc21. The largest absolute Gasteiger partial charge is 0.347 e. The third-order valence-electron chi connectivity index (χ3n) is 6.13. The van der Waals surface area contributed by atoms with Gasteiger partial charge < -0.3 is 9.47 Å². The number of ketones is 1. The highest BCUT2D eigenvalue weighted by Gasteiger charge is 2.39. The Balaban J connectivity index is 1.33. The molecule has 0 unspecified atom stereocenters. The Labute approximate surface area is 170 Å². The molecule has 1 aromatic heterocycles. The van der Waals surface area contributed by atoms with E-state index in [9.17, 15) is 4.79 Å². The van der Waals surface area contributed by atoms with Gasteiger partial charge in [0.1, 0.15) is 5.82 Å². The van der Waals surface area contributed by atoms with Crippen molar-refractivity contribution in [2.75, 3.05) is 17.7 Å². The summed E-state index contributed by atoms with van der Waals surface area (Å²) >= 11 is 1.53. The highest BCUT2D eigenvalue weighted by atomic mass is 32.2. The first-order valence-electron chi connectivity index (χ1n) is 10.1. The second-order valence-corrected chi connectivity index (χ2v) is 9.64. The molecule has 0 saturated heterocycles. The van der Waals surface area contributed by atoms with Crippen LogP contribution < -0.4 is 4.90 Å². The highest BCUT2D eigenvalue weighted by Crippen LogP contribution is 2.47. The van der Waals surface area contributed by atoms with Crippen LogP contribution in [0.25, 0.3) is 0 Å². The van der Waals surface area contributed by atoms with Crippen LogP contribution in [0, 0.1) is 0 Å². The van der Waals surface area contributed by atoms with Gasteiger partial charge >= 0.3 is 0 Å². The van der Waals surface area contributed by atoms with E-state index in [1.807, 2.05) is 19.2 Å². The average molecular weight is 395 g/mol. The number of hydrogen-bond donors (Lipinski definition) is 0. The fourth-order valence-electron chi connectivity index (χ4n) is 4.27. The molecule has 6 heteroatoms. The van der Waals surface area contributed by atoms with E-state index in [0.29, 0.717) is 17.7 Å². The Morgan fingerprint density at radius 1 is 1.21 bits per heavy atom. The van der Waals surface area contributed by atoms with Crippen molar-refractivity contribution >= 4 is 23.2 Å². The molecule has 0 spiro atoms. The molecule has 0 bridgehead atoms. The van der Waals surface area contributed by atoms with Crippen molar-refractivity contribution in [1.82, 2.24) is 14.8 Å². The topological polar surface area (TPSA) is 51.0 Å². The lowest BCUT2D eigenvalue weighted by atomic mass is 9.83. The molecule has 28 heavy (non-hydrogen) atoms. The maximum absolute atomic E-state index is 12.8. The molecular weight excluding hydrogens is 368 g/mol. The molecule has 2 aliphatic carbocycles. The van der Waals surface area contributed by atoms with Gasteiger partial charge in [0.05, 0.1) is 5.75 Å². The van der Waals surface area contributed by atoms with Crippen molar-refractivity contribution in [3.8, 4) is 0 Å². The summed E-state index contributed by atoms with van der Waals surface area (Å²) in [5.41, 5.74) is 3.34. The summed E-state index contributed by atoms with van der Waals surface area (Å²) in [5.74, 6) is 2.26. The summed E-state index contributed by atoms with van der Waals surface area (Å²) in [4.78, 5) is 15.0. The van der Waals surface area contributed by atoms with E-state index in [-0.39, 0.29) is 11.2 Å². The maximum atomic E-state index is 12.8. The van der Waals surface area contributed by atoms with Crippen molar-refractivity contribution in [3.63, 3.8) is 0 Å². The molecule has 2 heterocycles. The number of hydrogen-bond acceptors (Lipinski definition) is 5. The van der Waals surface area contributed by atoms with Gasteiger partial charge in [-0.25, -0.2) is 0 Å². The number of nitrogens with zero attached hydrogens (tertiary/aromatic N) is 4. The molecule has 5 rings (SSSR count). The third-order valence-corrected chi connectivity index (χ3v) is 7.09. The second kappa shape index (κ2) is 6.48. The van der Waals surface area contributed by atoms with Crippen molar-refractivity contribution in [1.29, 1.82) is 0 Å². The molecule has 0 N–H and O–H groups in total. The van der Waals surface area contributed by atoms with Crippen LogP contribution in [0.1, 0.15) is 62.9 Å². The van der Waals surface area contributed by atoms with E-state index >= 15 is 0 Å². The van der Waals surface area contributed by atoms with E-state index in [4.69, 9.17) is 0 Å². The Hall–Kier alpha value is -2.08. The summed E-state index contributed by atoms with van der Waals surface area (Å²) in [6.45, 7) is 4.38. The lowest BCUT2D eigenvalue weighted by Gasteiger charge is -2.23. The normalized spacial score (nSPS) is 22.0. The summed E-state index contributed by atoms with van der Waals surface area (Å²) in [6, 6.07) is 8.94. The number of carbonyl (C=O) groups is 1. The van der Waals surface area contributed by atoms with Crippen LogP contribution in [-0.4, -0.2) is 33.3 Å². The smallest absolute Gasteiger partial charge is 0.191 e. The summed E-state index contributed by atoms with van der Waals surface area (Å²) in [5, 5.41) is 9.77. The molecular formula is C22H26N4OS. The third kappa shape index (κ3) is 2.98. The number of likely N-dealkylation sites (N-methyl/N-ethyl adjacent to an activating group) is 1. The number of rotatable bonds is 6. The minimum absolute atomic E-state index is 0.131. The fraction of sp³-hybridized carbons (Fsp3) is 0.500. The summed E-state index contributed by atoms with van der Waals surface area (Å²) in [6.07, 6.45) is 6.69. The lowest BCUT2D eigenvalue weighted by molar-refractivity contribution is -0.112. The first-order chi connectivity index (χ1) is 13.5. The van der Waals surface area contributed by atoms with Crippen LogP contribution in [0.2, 0.25) is 0 Å². The Kier molecular flexibility index (Phi) is 4.16.